The van der Waals surface area contributed by atoms with Crippen molar-refractivity contribution in [2.24, 2.45) is 5.92 Å². The summed E-state index contributed by atoms with van der Waals surface area (Å²) in [5.41, 5.74) is 2.61. The molecule has 0 N–H and O–H groups in total. The first-order valence-electron chi connectivity index (χ1n) is 10.7. The molecule has 1 aliphatic carbocycles. The van der Waals surface area contributed by atoms with E-state index in [1.54, 1.807) is 11.8 Å². The summed E-state index contributed by atoms with van der Waals surface area (Å²) in [6, 6.07) is 21.6. The lowest BCUT2D eigenvalue weighted by Gasteiger charge is -2.40. The van der Waals surface area contributed by atoms with E-state index in [0.29, 0.717) is 11.2 Å². The fraction of sp³-hybridized carbons (Fsp3) is 0.269. The average molecular weight is 415 g/mol. The summed E-state index contributed by atoms with van der Waals surface area (Å²) in [6.45, 7) is 3.30. The van der Waals surface area contributed by atoms with E-state index in [2.05, 4.69) is 95.9 Å². The number of fused-ring (bicyclic) bond motifs is 1. The van der Waals surface area contributed by atoms with E-state index in [4.69, 9.17) is 0 Å². The Balaban J connectivity index is 1.29. The molecule has 2 aromatic rings. The Morgan fingerprint density at radius 2 is 1.43 bits per heavy atom. The third-order valence-corrected chi connectivity index (χ3v) is 7.45. The molecular weight excluding hydrogens is 388 g/mol. The van der Waals surface area contributed by atoms with Crippen molar-refractivity contribution in [3.8, 4) is 0 Å². The smallest absolute Gasteiger partial charge is 0.260 e. The summed E-state index contributed by atoms with van der Waals surface area (Å²) in [6.07, 6.45) is 10.7. The number of hydrogen-bond donors (Lipinski definition) is 0. The second kappa shape index (κ2) is 8.66. The molecule has 1 fully saturated rings. The van der Waals surface area contributed by atoms with Crippen LogP contribution in [0.5, 0.6) is 0 Å². The Morgan fingerprint density at radius 1 is 0.833 bits per heavy atom. The number of hydrogen-bond acceptors (Lipinski definition) is 3. The zero-order chi connectivity index (χ0) is 20.3. The van der Waals surface area contributed by atoms with Crippen molar-refractivity contribution >= 4 is 17.7 Å². The molecule has 0 aromatic heterocycles. The van der Waals surface area contributed by atoms with Crippen molar-refractivity contribution in [3.05, 3.63) is 107 Å². The van der Waals surface area contributed by atoms with E-state index in [0.717, 1.165) is 31.1 Å². The van der Waals surface area contributed by atoms with Gasteiger partial charge in [-0.15, -0.1) is 11.8 Å². The number of allylic oxidation sites excluding steroid dienone is 4. The molecule has 30 heavy (non-hydrogen) atoms. The second-order valence-corrected chi connectivity index (χ2v) is 9.23. The maximum absolute atomic E-state index is 13.1. The SMILES string of the molecule is O=C(C1=CC2C=CC=CC2S1)N1CCN(C(c2ccccc2)c2ccccc2)CC1. The van der Waals surface area contributed by atoms with Crippen molar-refractivity contribution in [2.45, 2.75) is 11.3 Å². The van der Waals surface area contributed by atoms with Gasteiger partial charge in [0.05, 0.1) is 10.9 Å². The fourth-order valence-electron chi connectivity index (χ4n) is 4.58. The van der Waals surface area contributed by atoms with Crippen LogP contribution in [0.1, 0.15) is 17.2 Å². The van der Waals surface area contributed by atoms with Crippen LogP contribution >= 0.6 is 11.8 Å². The maximum Gasteiger partial charge on any atom is 0.260 e. The summed E-state index contributed by atoms with van der Waals surface area (Å²) in [7, 11) is 0. The Kier molecular flexibility index (Phi) is 5.60. The number of benzene rings is 2. The molecule has 0 saturated carbocycles. The van der Waals surface area contributed by atoms with Gasteiger partial charge in [-0.25, -0.2) is 0 Å². The molecular formula is C26H26N2OS. The average Bonchev–Trinajstić information content (AvgIpc) is 3.25. The first-order valence-corrected chi connectivity index (χ1v) is 11.5. The van der Waals surface area contributed by atoms with Gasteiger partial charge in [0.25, 0.3) is 5.91 Å². The minimum atomic E-state index is 0.201. The fourth-order valence-corrected chi connectivity index (χ4v) is 5.83. The molecule has 3 aliphatic rings. The van der Waals surface area contributed by atoms with Crippen LogP contribution in [0, 0.1) is 5.92 Å². The highest BCUT2D eigenvalue weighted by Gasteiger charge is 2.33. The number of nitrogens with zero attached hydrogens (tertiary/aromatic N) is 2. The van der Waals surface area contributed by atoms with Gasteiger partial charge in [-0.05, 0) is 11.1 Å². The van der Waals surface area contributed by atoms with Crippen LogP contribution in [-0.4, -0.2) is 47.1 Å². The molecule has 5 rings (SSSR count). The van der Waals surface area contributed by atoms with Gasteiger partial charge in [0.1, 0.15) is 0 Å². The lowest BCUT2D eigenvalue weighted by Crippen LogP contribution is -2.50. The van der Waals surface area contributed by atoms with E-state index in [1.165, 1.54) is 11.1 Å². The van der Waals surface area contributed by atoms with Gasteiger partial charge in [-0.3, -0.25) is 9.69 Å². The van der Waals surface area contributed by atoms with Crippen molar-refractivity contribution in [2.75, 3.05) is 26.2 Å². The predicted octanol–water partition coefficient (Wildman–Crippen LogP) is 4.66. The van der Waals surface area contributed by atoms with Crippen molar-refractivity contribution < 1.29 is 4.79 Å². The molecule has 0 bridgehead atoms. The molecule has 0 spiro atoms. The zero-order valence-electron chi connectivity index (χ0n) is 16.9. The first-order chi connectivity index (χ1) is 14.8. The first kappa shape index (κ1) is 19.4. The lowest BCUT2D eigenvalue weighted by molar-refractivity contribution is -0.128. The van der Waals surface area contributed by atoms with Crippen LogP contribution < -0.4 is 0 Å². The zero-order valence-corrected chi connectivity index (χ0v) is 17.7. The molecule has 4 heteroatoms. The lowest BCUT2D eigenvalue weighted by atomic mass is 9.96. The summed E-state index contributed by atoms with van der Waals surface area (Å²) >= 11 is 1.72. The number of piperazine rings is 1. The molecule has 2 heterocycles. The summed E-state index contributed by atoms with van der Waals surface area (Å²) in [5, 5.41) is 0.385. The maximum atomic E-state index is 13.1. The molecule has 0 radical (unpaired) electrons. The number of thioether (sulfide) groups is 1. The van der Waals surface area contributed by atoms with Crippen LogP contribution in [0.25, 0.3) is 0 Å². The van der Waals surface area contributed by atoms with E-state index >= 15 is 0 Å². The highest BCUT2D eigenvalue weighted by molar-refractivity contribution is 8.05. The molecule has 2 unspecified atom stereocenters. The van der Waals surface area contributed by atoms with Crippen molar-refractivity contribution in [1.82, 2.24) is 9.80 Å². The third-order valence-electron chi connectivity index (χ3n) is 6.14. The quantitative estimate of drug-likeness (QED) is 0.727. The van der Waals surface area contributed by atoms with Gasteiger partial charge in [-0.1, -0.05) is 91.0 Å². The van der Waals surface area contributed by atoms with E-state index < -0.39 is 0 Å². The third kappa shape index (κ3) is 3.90. The Hall–Kier alpha value is -2.56. The van der Waals surface area contributed by atoms with Crippen molar-refractivity contribution in [1.29, 1.82) is 0 Å². The number of carbonyl (C=O) groups excluding carboxylic acids is 1. The molecule has 152 valence electrons. The minimum Gasteiger partial charge on any atom is -0.336 e. The van der Waals surface area contributed by atoms with Crippen LogP contribution in [-0.2, 0) is 4.79 Å². The predicted molar refractivity (Wildman–Crippen MR) is 124 cm³/mol. The normalized spacial score (nSPS) is 23.5. The largest absolute Gasteiger partial charge is 0.336 e. The summed E-state index contributed by atoms with van der Waals surface area (Å²) in [5.74, 6) is 0.563. The van der Waals surface area contributed by atoms with Crippen LogP contribution in [0.2, 0.25) is 0 Å². The number of amides is 1. The molecule has 2 atom stereocenters. The Labute approximate surface area is 182 Å². The Bertz CT molecular complexity index is 935. The van der Waals surface area contributed by atoms with E-state index in [-0.39, 0.29) is 11.9 Å². The van der Waals surface area contributed by atoms with Gasteiger partial charge in [0.15, 0.2) is 0 Å². The van der Waals surface area contributed by atoms with Gasteiger partial charge in [0.2, 0.25) is 0 Å². The number of carbonyl (C=O) groups is 1. The molecule has 2 aromatic carbocycles. The van der Waals surface area contributed by atoms with Gasteiger partial charge < -0.3 is 4.90 Å². The monoisotopic (exact) mass is 414 g/mol. The van der Waals surface area contributed by atoms with Gasteiger partial charge >= 0.3 is 0 Å². The summed E-state index contributed by atoms with van der Waals surface area (Å²) in [4.78, 5) is 18.6. The van der Waals surface area contributed by atoms with Gasteiger partial charge in [0, 0.05) is 37.3 Å². The molecule has 1 amide bonds. The van der Waals surface area contributed by atoms with Crippen molar-refractivity contribution in [3.63, 3.8) is 0 Å². The minimum absolute atomic E-state index is 0.201. The van der Waals surface area contributed by atoms with Crippen LogP contribution in [0.3, 0.4) is 0 Å². The highest BCUT2D eigenvalue weighted by Crippen LogP contribution is 2.40. The highest BCUT2D eigenvalue weighted by atomic mass is 32.2. The number of rotatable bonds is 4. The van der Waals surface area contributed by atoms with Gasteiger partial charge in [-0.2, -0.15) is 0 Å². The van der Waals surface area contributed by atoms with E-state index in [9.17, 15) is 4.79 Å². The molecule has 3 nitrogen and oxygen atoms in total. The Morgan fingerprint density at radius 3 is 2.03 bits per heavy atom. The molecule has 2 aliphatic heterocycles. The topological polar surface area (TPSA) is 23.6 Å². The van der Waals surface area contributed by atoms with Crippen LogP contribution in [0.15, 0.2) is 95.9 Å². The van der Waals surface area contributed by atoms with E-state index in [1.807, 2.05) is 4.90 Å². The summed E-state index contributed by atoms with van der Waals surface area (Å²) < 4.78 is 0. The second-order valence-electron chi connectivity index (χ2n) is 8.01. The molecule has 1 saturated heterocycles. The standard InChI is InChI=1S/C26H26N2OS/c29-26(24-19-22-13-7-8-14-23(22)30-24)28-17-15-27(16-18-28)25(20-9-3-1-4-10-20)21-11-5-2-6-12-21/h1-14,19,22-23,25H,15-18H2. The van der Waals surface area contributed by atoms with Crippen LogP contribution in [0.4, 0.5) is 0 Å².